The summed E-state index contributed by atoms with van der Waals surface area (Å²) in [6, 6.07) is 4.32. The summed E-state index contributed by atoms with van der Waals surface area (Å²) < 4.78 is 0. The van der Waals surface area contributed by atoms with E-state index in [1.807, 2.05) is 12.1 Å². The predicted molar refractivity (Wildman–Crippen MR) is 83.1 cm³/mol. The van der Waals surface area contributed by atoms with Crippen molar-refractivity contribution in [3.8, 4) is 0 Å². The molecule has 1 N–H and O–H groups in total. The highest BCUT2D eigenvalue weighted by Gasteiger charge is 2.25. The van der Waals surface area contributed by atoms with E-state index in [2.05, 4.69) is 31.9 Å². The van der Waals surface area contributed by atoms with Crippen molar-refractivity contribution in [2.75, 3.05) is 29.4 Å². The number of aromatic amines is 1. The monoisotopic (exact) mass is 305 g/mol. The van der Waals surface area contributed by atoms with Crippen molar-refractivity contribution < 1.29 is 0 Å². The normalized spacial score (nSPS) is 18.9. The van der Waals surface area contributed by atoms with Gasteiger partial charge in [-0.1, -0.05) is 11.6 Å². The van der Waals surface area contributed by atoms with E-state index in [-0.39, 0.29) is 10.6 Å². The van der Waals surface area contributed by atoms with Crippen LogP contribution in [0.2, 0.25) is 5.02 Å². The van der Waals surface area contributed by atoms with Crippen molar-refractivity contribution in [2.24, 2.45) is 0 Å². The van der Waals surface area contributed by atoms with E-state index in [0.717, 1.165) is 25.3 Å². The van der Waals surface area contributed by atoms with Gasteiger partial charge in [-0.15, -0.1) is 0 Å². The summed E-state index contributed by atoms with van der Waals surface area (Å²) in [4.78, 5) is 20.0. The molecule has 1 atom stereocenters. The SMILES string of the molecule is CC1CN(c2cn[nH]c(=O)c2Cl)CCN1c1ccncc1. The molecule has 7 heteroatoms. The van der Waals surface area contributed by atoms with Gasteiger partial charge in [-0.2, -0.15) is 5.10 Å². The van der Waals surface area contributed by atoms with Crippen molar-refractivity contribution in [1.82, 2.24) is 15.2 Å². The van der Waals surface area contributed by atoms with E-state index < -0.39 is 0 Å². The minimum Gasteiger partial charge on any atom is -0.365 e. The molecule has 21 heavy (non-hydrogen) atoms. The number of H-pyrrole nitrogens is 1. The molecule has 0 aromatic carbocycles. The summed E-state index contributed by atoms with van der Waals surface area (Å²) in [6.45, 7) is 4.58. The van der Waals surface area contributed by atoms with E-state index in [0.29, 0.717) is 11.7 Å². The Morgan fingerprint density at radius 1 is 1.33 bits per heavy atom. The second-order valence-corrected chi connectivity index (χ2v) is 5.47. The van der Waals surface area contributed by atoms with Crippen LogP contribution in [0.4, 0.5) is 11.4 Å². The Kier molecular flexibility index (Phi) is 3.79. The topological polar surface area (TPSA) is 65.1 Å². The highest BCUT2D eigenvalue weighted by molar-refractivity contribution is 6.33. The molecule has 1 fully saturated rings. The molecule has 0 spiro atoms. The van der Waals surface area contributed by atoms with Crippen LogP contribution < -0.4 is 15.4 Å². The Morgan fingerprint density at radius 3 is 2.81 bits per heavy atom. The molecule has 6 nitrogen and oxygen atoms in total. The molecule has 0 aliphatic carbocycles. The second-order valence-electron chi connectivity index (χ2n) is 5.09. The number of rotatable bonds is 2. The minimum absolute atomic E-state index is 0.203. The fourth-order valence-corrected chi connectivity index (χ4v) is 2.90. The number of aromatic nitrogens is 3. The fraction of sp³-hybridized carbons (Fsp3) is 0.357. The van der Waals surface area contributed by atoms with Crippen LogP contribution in [-0.4, -0.2) is 40.9 Å². The third-order valence-electron chi connectivity index (χ3n) is 3.74. The summed E-state index contributed by atoms with van der Waals surface area (Å²) >= 11 is 6.08. The maximum absolute atomic E-state index is 11.6. The molecule has 1 saturated heterocycles. The maximum atomic E-state index is 11.6. The minimum atomic E-state index is -0.349. The van der Waals surface area contributed by atoms with Gasteiger partial charge in [0.2, 0.25) is 0 Å². The molecule has 0 radical (unpaired) electrons. The third kappa shape index (κ3) is 2.71. The summed E-state index contributed by atoms with van der Waals surface area (Å²) in [5.41, 5.74) is 1.51. The average molecular weight is 306 g/mol. The first-order valence-corrected chi connectivity index (χ1v) is 7.19. The van der Waals surface area contributed by atoms with E-state index in [1.165, 1.54) is 0 Å². The summed E-state index contributed by atoms with van der Waals surface area (Å²) in [7, 11) is 0. The zero-order valence-electron chi connectivity index (χ0n) is 11.7. The van der Waals surface area contributed by atoms with Gasteiger partial charge in [0.25, 0.3) is 5.56 Å². The third-order valence-corrected chi connectivity index (χ3v) is 4.10. The van der Waals surface area contributed by atoms with Crippen molar-refractivity contribution >= 4 is 23.0 Å². The van der Waals surface area contributed by atoms with Crippen LogP contribution in [0.3, 0.4) is 0 Å². The molecule has 1 unspecified atom stereocenters. The van der Waals surface area contributed by atoms with Crippen molar-refractivity contribution in [2.45, 2.75) is 13.0 Å². The quantitative estimate of drug-likeness (QED) is 0.911. The Labute approximate surface area is 127 Å². The van der Waals surface area contributed by atoms with E-state index >= 15 is 0 Å². The number of halogens is 1. The van der Waals surface area contributed by atoms with Gasteiger partial charge in [0, 0.05) is 43.8 Å². The number of hydrogen-bond donors (Lipinski definition) is 1. The molecule has 2 aromatic rings. The van der Waals surface area contributed by atoms with Crippen LogP contribution in [0.5, 0.6) is 0 Å². The number of pyridine rings is 1. The first-order valence-electron chi connectivity index (χ1n) is 6.81. The average Bonchev–Trinajstić information content (AvgIpc) is 2.51. The predicted octanol–water partition coefficient (Wildman–Crippen LogP) is 1.53. The highest BCUT2D eigenvalue weighted by Crippen LogP contribution is 2.26. The van der Waals surface area contributed by atoms with E-state index in [9.17, 15) is 4.79 Å². The lowest BCUT2D eigenvalue weighted by Gasteiger charge is -2.42. The molecule has 2 aromatic heterocycles. The molecule has 3 heterocycles. The Bertz CT molecular complexity index is 675. The van der Waals surface area contributed by atoms with Crippen LogP contribution in [0, 0.1) is 0 Å². The summed E-state index contributed by atoms with van der Waals surface area (Å²) in [5.74, 6) is 0. The molecular formula is C14H16ClN5O. The lowest BCUT2D eigenvalue weighted by atomic mass is 10.1. The van der Waals surface area contributed by atoms with Crippen LogP contribution in [0.1, 0.15) is 6.92 Å². The molecule has 0 saturated carbocycles. The molecule has 0 bridgehead atoms. The fourth-order valence-electron chi connectivity index (χ4n) is 2.69. The number of anilines is 2. The smallest absolute Gasteiger partial charge is 0.285 e. The van der Waals surface area contributed by atoms with Gasteiger partial charge in [-0.05, 0) is 19.1 Å². The molecule has 3 rings (SSSR count). The van der Waals surface area contributed by atoms with Gasteiger partial charge < -0.3 is 9.80 Å². The zero-order valence-corrected chi connectivity index (χ0v) is 12.4. The molecular weight excluding hydrogens is 290 g/mol. The van der Waals surface area contributed by atoms with Gasteiger partial charge in [-0.3, -0.25) is 9.78 Å². The van der Waals surface area contributed by atoms with E-state index in [4.69, 9.17) is 11.6 Å². The largest absolute Gasteiger partial charge is 0.365 e. The van der Waals surface area contributed by atoms with Crippen LogP contribution >= 0.6 is 11.6 Å². The van der Waals surface area contributed by atoms with Gasteiger partial charge >= 0.3 is 0 Å². The van der Waals surface area contributed by atoms with Crippen molar-refractivity contribution in [3.63, 3.8) is 0 Å². The van der Waals surface area contributed by atoms with Gasteiger partial charge in [-0.25, -0.2) is 5.10 Å². The van der Waals surface area contributed by atoms with Gasteiger partial charge in [0.05, 0.1) is 11.9 Å². The standard InChI is InChI=1S/C14H16ClN5O/c1-10-9-19(12-8-17-18-14(21)13(12)15)6-7-20(10)11-2-4-16-5-3-11/h2-5,8,10H,6-7,9H2,1H3,(H,18,21). The van der Waals surface area contributed by atoms with Crippen molar-refractivity contribution in [1.29, 1.82) is 0 Å². The van der Waals surface area contributed by atoms with Gasteiger partial charge in [0.1, 0.15) is 5.02 Å². The lowest BCUT2D eigenvalue weighted by molar-refractivity contribution is 0.550. The number of hydrogen-bond acceptors (Lipinski definition) is 5. The first kappa shape index (κ1) is 13.9. The number of nitrogens with zero attached hydrogens (tertiary/aromatic N) is 4. The Morgan fingerprint density at radius 2 is 2.10 bits per heavy atom. The maximum Gasteiger partial charge on any atom is 0.285 e. The second kappa shape index (κ2) is 5.73. The highest BCUT2D eigenvalue weighted by atomic mass is 35.5. The Balaban J connectivity index is 1.80. The van der Waals surface area contributed by atoms with Crippen LogP contribution in [-0.2, 0) is 0 Å². The zero-order chi connectivity index (χ0) is 14.8. The summed E-state index contributed by atoms with van der Waals surface area (Å²) in [6.07, 6.45) is 5.20. The molecule has 110 valence electrons. The van der Waals surface area contributed by atoms with Gasteiger partial charge in [0.15, 0.2) is 0 Å². The number of piperazine rings is 1. The molecule has 1 aliphatic rings. The first-order chi connectivity index (χ1) is 10.2. The summed E-state index contributed by atoms with van der Waals surface area (Å²) in [5, 5.41) is 6.38. The van der Waals surface area contributed by atoms with Crippen LogP contribution in [0.25, 0.3) is 0 Å². The molecule has 1 aliphatic heterocycles. The number of nitrogens with one attached hydrogen (secondary N) is 1. The lowest BCUT2D eigenvalue weighted by Crippen LogP contribution is -2.52. The molecule has 0 amide bonds. The van der Waals surface area contributed by atoms with Crippen LogP contribution in [0.15, 0.2) is 35.5 Å². The Hall–Kier alpha value is -2.08. The van der Waals surface area contributed by atoms with Crippen molar-refractivity contribution in [3.05, 3.63) is 46.1 Å². The van der Waals surface area contributed by atoms with E-state index in [1.54, 1.807) is 18.6 Å².